The van der Waals surface area contributed by atoms with Gasteiger partial charge in [0.1, 0.15) is 0 Å². The molecule has 0 amide bonds. The summed E-state index contributed by atoms with van der Waals surface area (Å²) in [5.74, 6) is 1.75. The van der Waals surface area contributed by atoms with Gasteiger partial charge in [0.15, 0.2) is 5.82 Å². The van der Waals surface area contributed by atoms with Gasteiger partial charge in [-0.05, 0) is 30.0 Å². The van der Waals surface area contributed by atoms with Crippen molar-refractivity contribution < 1.29 is 8.94 Å². The lowest BCUT2D eigenvalue weighted by Crippen LogP contribution is -2.13. The lowest BCUT2D eigenvalue weighted by Gasteiger charge is -2.18. The Kier molecular flexibility index (Phi) is 5.16. The Morgan fingerprint density at radius 2 is 1.59 bits per heavy atom. The van der Waals surface area contributed by atoms with Crippen LogP contribution in [0.2, 0.25) is 0 Å². The van der Waals surface area contributed by atoms with Crippen LogP contribution in [0.15, 0.2) is 38.4 Å². The van der Waals surface area contributed by atoms with E-state index in [1.54, 1.807) is 0 Å². The summed E-state index contributed by atoms with van der Waals surface area (Å²) in [4.78, 5) is 4.49. The number of benzene rings is 1. The summed E-state index contributed by atoms with van der Waals surface area (Å²) in [6.45, 7) is 14.7. The third-order valence-electron chi connectivity index (χ3n) is 4.14. The van der Waals surface area contributed by atoms with Crippen molar-refractivity contribution in [3.8, 4) is 11.5 Å². The number of aromatic nitrogens is 4. The molecule has 1 aromatic carbocycles. The quantitative estimate of drug-likeness (QED) is 0.542. The first kappa shape index (κ1) is 19.6. The van der Waals surface area contributed by atoms with Crippen molar-refractivity contribution in [2.45, 2.75) is 69.8 Å². The standard InChI is InChI=1S/C20H26N4O2S/c1-12(15-21-17(24-26-15)20(5,6)7)27-18-23-22-16(25-18)13-8-10-14(11-9-13)19(2,3)4/h8-12H,1-7H3. The van der Waals surface area contributed by atoms with Crippen molar-refractivity contribution in [3.63, 3.8) is 0 Å². The van der Waals surface area contributed by atoms with E-state index in [0.29, 0.717) is 22.8 Å². The second-order valence-corrected chi connectivity index (χ2v) is 9.96. The van der Waals surface area contributed by atoms with E-state index in [9.17, 15) is 0 Å². The van der Waals surface area contributed by atoms with E-state index in [1.807, 2.05) is 19.1 Å². The smallest absolute Gasteiger partial charge is 0.277 e. The van der Waals surface area contributed by atoms with Gasteiger partial charge in [-0.3, -0.25) is 0 Å². The highest BCUT2D eigenvalue weighted by Gasteiger charge is 2.25. The second kappa shape index (κ2) is 7.11. The molecule has 3 rings (SSSR count). The monoisotopic (exact) mass is 386 g/mol. The molecule has 144 valence electrons. The number of hydrogen-bond donors (Lipinski definition) is 0. The summed E-state index contributed by atoms with van der Waals surface area (Å²) in [6.07, 6.45) is 0. The van der Waals surface area contributed by atoms with Gasteiger partial charge in [-0.15, -0.1) is 10.2 Å². The van der Waals surface area contributed by atoms with Gasteiger partial charge in [-0.1, -0.05) is 70.6 Å². The van der Waals surface area contributed by atoms with E-state index in [0.717, 1.165) is 5.56 Å². The summed E-state index contributed by atoms with van der Waals surface area (Å²) < 4.78 is 11.2. The van der Waals surface area contributed by atoms with Gasteiger partial charge < -0.3 is 8.94 Å². The number of hydrogen-bond acceptors (Lipinski definition) is 7. The number of thioether (sulfide) groups is 1. The van der Waals surface area contributed by atoms with Crippen LogP contribution < -0.4 is 0 Å². The molecule has 6 nitrogen and oxygen atoms in total. The fourth-order valence-electron chi connectivity index (χ4n) is 2.39. The molecule has 0 saturated heterocycles. The highest BCUT2D eigenvalue weighted by molar-refractivity contribution is 7.99. The average molecular weight is 387 g/mol. The largest absolute Gasteiger partial charge is 0.411 e. The predicted molar refractivity (Wildman–Crippen MR) is 106 cm³/mol. The zero-order chi connectivity index (χ0) is 19.8. The molecule has 0 fully saturated rings. The van der Waals surface area contributed by atoms with Crippen molar-refractivity contribution in [3.05, 3.63) is 41.5 Å². The van der Waals surface area contributed by atoms with E-state index >= 15 is 0 Å². The molecular weight excluding hydrogens is 360 g/mol. The number of nitrogens with zero attached hydrogens (tertiary/aromatic N) is 4. The Labute approximate surface area is 164 Å². The summed E-state index contributed by atoms with van der Waals surface area (Å²) in [5.41, 5.74) is 2.13. The summed E-state index contributed by atoms with van der Waals surface area (Å²) in [6, 6.07) is 8.22. The summed E-state index contributed by atoms with van der Waals surface area (Å²) in [5, 5.41) is 12.8. The van der Waals surface area contributed by atoms with E-state index in [-0.39, 0.29) is 16.1 Å². The maximum Gasteiger partial charge on any atom is 0.277 e. The molecule has 2 heterocycles. The minimum Gasteiger partial charge on any atom is -0.411 e. The lowest BCUT2D eigenvalue weighted by molar-refractivity contribution is 0.363. The molecular formula is C20H26N4O2S. The zero-order valence-corrected chi connectivity index (χ0v) is 17.7. The molecule has 0 bridgehead atoms. The normalized spacial score (nSPS) is 13.7. The molecule has 0 aliphatic carbocycles. The molecule has 0 radical (unpaired) electrons. The van der Waals surface area contributed by atoms with Gasteiger partial charge >= 0.3 is 0 Å². The van der Waals surface area contributed by atoms with Crippen molar-refractivity contribution in [1.82, 2.24) is 20.3 Å². The van der Waals surface area contributed by atoms with Gasteiger partial charge in [0.2, 0.25) is 11.8 Å². The van der Waals surface area contributed by atoms with Crippen LogP contribution in [0.3, 0.4) is 0 Å². The molecule has 0 spiro atoms. The van der Waals surface area contributed by atoms with Crippen LogP contribution in [0.4, 0.5) is 0 Å². The van der Waals surface area contributed by atoms with Crippen molar-refractivity contribution in [2.24, 2.45) is 0 Å². The van der Waals surface area contributed by atoms with Gasteiger partial charge in [0, 0.05) is 11.0 Å². The highest BCUT2D eigenvalue weighted by Crippen LogP contribution is 2.35. The van der Waals surface area contributed by atoms with Crippen molar-refractivity contribution in [1.29, 1.82) is 0 Å². The van der Waals surface area contributed by atoms with Gasteiger partial charge in [0.05, 0.1) is 5.25 Å². The SMILES string of the molecule is CC(Sc1nnc(-c2ccc(C(C)(C)C)cc2)o1)c1nc(C(C)(C)C)no1. The maximum absolute atomic E-state index is 5.81. The van der Waals surface area contributed by atoms with Gasteiger partial charge in [-0.25, -0.2) is 0 Å². The van der Waals surface area contributed by atoms with Gasteiger partial charge in [-0.2, -0.15) is 4.98 Å². The van der Waals surface area contributed by atoms with E-state index in [2.05, 4.69) is 74.0 Å². The Morgan fingerprint density at radius 3 is 2.15 bits per heavy atom. The Bertz CT molecular complexity index is 901. The molecule has 1 atom stereocenters. The lowest BCUT2D eigenvalue weighted by atomic mass is 9.87. The molecule has 0 aliphatic rings. The van der Waals surface area contributed by atoms with Crippen LogP contribution >= 0.6 is 11.8 Å². The van der Waals surface area contributed by atoms with E-state index < -0.39 is 0 Å². The highest BCUT2D eigenvalue weighted by atomic mass is 32.2. The van der Waals surface area contributed by atoms with Gasteiger partial charge in [0.25, 0.3) is 5.22 Å². The topological polar surface area (TPSA) is 77.8 Å². The molecule has 3 aromatic rings. The molecule has 0 aliphatic heterocycles. The first-order valence-electron chi connectivity index (χ1n) is 8.99. The fraction of sp³-hybridized carbons (Fsp3) is 0.500. The average Bonchev–Trinajstić information content (AvgIpc) is 3.23. The summed E-state index contributed by atoms with van der Waals surface area (Å²) in [7, 11) is 0. The minimum atomic E-state index is -0.150. The first-order chi connectivity index (χ1) is 12.5. The van der Waals surface area contributed by atoms with Crippen molar-refractivity contribution in [2.75, 3.05) is 0 Å². The number of rotatable bonds is 4. The third kappa shape index (κ3) is 4.58. The van der Waals surface area contributed by atoms with E-state index in [4.69, 9.17) is 8.94 Å². The summed E-state index contributed by atoms with van der Waals surface area (Å²) >= 11 is 1.41. The predicted octanol–water partition coefficient (Wildman–Crippen LogP) is 5.57. The fourth-order valence-corrected chi connectivity index (χ4v) is 3.11. The molecule has 0 saturated carbocycles. The molecule has 1 unspecified atom stereocenters. The van der Waals surface area contributed by atoms with Crippen molar-refractivity contribution >= 4 is 11.8 Å². The van der Waals surface area contributed by atoms with E-state index in [1.165, 1.54) is 17.3 Å². The Hall–Kier alpha value is -2.15. The van der Waals surface area contributed by atoms with Crippen LogP contribution in [0, 0.1) is 0 Å². The molecule has 7 heteroatoms. The Balaban J connectivity index is 1.71. The molecule has 0 N–H and O–H groups in total. The van der Waals surface area contributed by atoms with Crippen LogP contribution in [0.25, 0.3) is 11.5 Å². The first-order valence-corrected chi connectivity index (χ1v) is 9.87. The Morgan fingerprint density at radius 1 is 0.926 bits per heavy atom. The maximum atomic E-state index is 5.81. The third-order valence-corrected chi connectivity index (χ3v) is 5.06. The zero-order valence-electron chi connectivity index (χ0n) is 16.9. The molecule has 27 heavy (non-hydrogen) atoms. The van der Waals surface area contributed by atoms with Crippen LogP contribution in [-0.2, 0) is 10.8 Å². The molecule has 2 aromatic heterocycles. The van der Waals surface area contributed by atoms with Crippen LogP contribution in [-0.4, -0.2) is 20.3 Å². The van der Waals surface area contributed by atoms with Crippen LogP contribution in [0.1, 0.15) is 71.0 Å². The minimum absolute atomic E-state index is 0.0785. The second-order valence-electron chi connectivity index (χ2n) is 8.67. The van der Waals surface area contributed by atoms with Crippen LogP contribution in [0.5, 0.6) is 0 Å².